The van der Waals surface area contributed by atoms with Crippen molar-refractivity contribution in [3.8, 4) is 5.75 Å². The van der Waals surface area contributed by atoms with Gasteiger partial charge >= 0.3 is 0 Å². The predicted molar refractivity (Wildman–Crippen MR) is 87.9 cm³/mol. The number of amides is 1. The standard InChI is InChI=1S/C18H22N2O4/c1-3-12(2)23-15-6-4-13(5-7-15)18(22)20-9-14(10-20)17-8-16(11-21)24-19-17/h4-8,12,14,21H,3,9-11H2,1-2H3. The van der Waals surface area contributed by atoms with E-state index < -0.39 is 0 Å². The third-order valence-electron chi connectivity index (χ3n) is 4.33. The molecule has 1 aliphatic heterocycles. The Morgan fingerprint density at radius 2 is 2.12 bits per heavy atom. The van der Waals surface area contributed by atoms with Crippen LogP contribution in [0.1, 0.15) is 48.0 Å². The summed E-state index contributed by atoms with van der Waals surface area (Å²) in [7, 11) is 0. The normalized spacial score (nSPS) is 15.9. The van der Waals surface area contributed by atoms with Gasteiger partial charge in [-0.2, -0.15) is 0 Å². The quantitative estimate of drug-likeness (QED) is 0.881. The van der Waals surface area contributed by atoms with E-state index in [0.29, 0.717) is 24.4 Å². The van der Waals surface area contributed by atoms with Crippen LogP contribution in [0.15, 0.2) is 34.9 Å². The Bertz CT molecular complexity index is 689. The number of hydrogen-bond donors (Lipinski definition) is 1. The minimum absolute atomic E-state index is 0.00668. The number of aromatic nitrogens is 1. The fourth-order valence-electron chi connectivity index (χ4n) is 2.60. The van der Waals surface area contributed by atoms with Crippen molar-refractivity contribution in [3.05, 3.63) is 47.3 Å². The van der Waals surface area contributed by atoms with E-state index in [9.17, 15) is 4.79 Å². The fourth-order valence-corrected chi connectivity index (χ4v) is 2.60. The van der Waals surface area contributed by atoms with E-state index in [1.807, 2.05) is 19.1 Å². The highest BCUT2D eigenvalue weighted by molar-refractivity contribution is 5.95. The number of carbonyl (C=O) groups excluding carboxylic acids is 1. The van der Waals surface area contributed by atoms with Crippen molar-refractivity contribution in [2.24, 2.45) is 0 Å². The Labute approximate surface area is 141 Å². The Kier molecular flexibility index (Phi) is 4.85. The second kappa shape index (κ2) is 7.05. The third kappa shape index (κ3) is 3.43. The van der Waals surface area contributed by atoms with Gasteiger partial charge in [-0.15, -0.1) is 0 Å². The Hall–Kier alpha value is -2.34. The van der Waals surface area contributed by atoms with E-state index in [4.69, 9.17) is 14.4 Å². The summed E-state index contributed by atoms with van der Waals surface area (Å²) in [5, 5.41) is 12.9. The minimum Gasteiger partial charge on any atom is -0.491 e. The average Bonchev–Trinajstić information content (AvgIpc) is 3.02. The molecule has 1 N–H and O–H groups in total. The number of ether oxygens (including phenoxy) is 1. The summed E-state index contributed by atoms with van der Waals surface area (Å²) in [6.07, 6.45) is 1.10. The average molecular weight is 330 g/mol. The number of carbonyl (C=O) groups is 1. The molecule has 6 heteroatoms. The third-order valence-corrected chi connectivity index (χ3v) is 4.33. The molecular weight excluding hydrogens is 308 g/mol. The largest absolute Gasteiger partial charge is 0.491 e. The first-order valence-corrected chi connectivity index (χ1v) is 8.23. The van der Waals surface area contributed by atoms with Crippen LogP contribution in [0.5, 0.6) is 5.75 Å². The van der Waals surface area contributed by atoms with Crippen LogP contribution in [-0.2, 0) is 6.61 Å². The highest BCUT2D eigenvalue weighted by Gasteiger charge is 2.34. The number of aliphatic hydroxyl groups is 1. The number of benzene rings is 1. The summed E-state index contributed by atoms with van der Waals surface area (Å²) in [5.74, 6) is 1.41. The van der Waals surface area contributed by atoms with Gasteiger partial charge in [0.1, 0.15) is 12.4 Å². The lowest BCUT2D eigenvalue weighted by atomic mass is 9.95. The SMILES string of the molecule is CCC(C)Oc1ccc(C(=O)N2CC(c3cc(CO)on3)C2)cc1. The smallest absolute Gasteiger partial charge is 0.253 e. The Morgan fingerprint density at radius 3 is 2.71 bits per heavy atom. The van der Waals surface area contributed by atoms with E-state index in [-0.39, 0.29) is 24.5 Å². The molecule has 6 nitrogen and oxygen atoms in total. The van der Waals surface area contributed by atoms with Crippen molar-refractivity contribution in [2.75, 3.05) is 13.1 Å². The lowest BCUT2D eigenvalue weighted by Gasteiger charge is -2.38. The molecule has 0 saturated carbocycles. The monoisotopic (exact) mass is 330 g/mol. The Balaban J connectivity index is 1.56. The minimum atomic E-state index is -0.159. The number of rotatable bonds is 6. The molecule has 1 saturated heterocycles. The summed E-state index contributed by atoms with van der Waals surface area (Å²) in [6, 6.07) is 9.01. The van der Waals surface area contributed by atoms with Gasteiger partial charge in [0.05, 0.1) is 11.8 Å². The molecule has 2 heterocycles. The van der Waals surface area contributed by atoms with E-state index in [1.54, 1.807) is 23.1 Å². The predicted octanol–water partition coefficient (Wildman–Crippen LogP) is 2.58. The Morgan fingerprint density at radius 1 is 1.42 bits per heavy atom. The topological polar surface area (TPSA) is 75.8 Å². The fraction of sp³-hybridized carbons (Fsp3) is 0.444. The van der Waals surface area contributed by atoms with Crippen LogP contribution in [0.25, 0.3) is 0 Å². The van der Waals surface area contributed by atoms with Crippen LogP contribution in [0, 0.1) is 0 Å². The maximum Gasteiger partial charge on any atom is 0.253 e. The number of nitrogens with zero attached hydrogens (tertiary/aromatic N) is 2. The van der Waals surface area contributed by atoms with Gasteiger partial charge in [-0.3, -0.25) is 4.79 Å². The first kappa shape index (κ1) is 16.5. The van der Waals surface area contributed by atoms with Crippen LogP contribution >= 0.6 is 0 Å². The van der Waals surface area contributed by atoms with Crippen molar-refractivity contribution >= 4 is 5.91 Å². The van der Waals surface area contributed by atoms with Crippen molar-refractivity contribution in [3.63, 3.8) is 0 Å². The molecule has 0 aliphatic carbocycles. The molecule has 128 valence electrons. The van der Waals surface area contributed by atoms with Gasteiger partial charge < -0.3 is 19.3 Å². The second-order valence-electron chi connectivity index (χ2n) is 6.14. The molecule has 0 bridgehead atoms. The number of hydrogen-bond acceptors (Lipinski definition) is 5. The molecule has 3 rings (SSSR count). The first-order chi connectivity index (χ1) is 11.6. The van der Waals surface area contributed by atoms with Gasteiger partial charge in [0.25, 0.3) is 5.91 Å². The molecular formula is C18H22N2O4. The lowest BCUT2D eigenvalue weighted by molar-refractivity contribution is 0.0595. The molecule has 0 spiro atoms. The van der Waals surface area contributed by atoms with Gasteiger partial charge in [-0.05, 0) is 37.6 Å². The summed E-state index contributed by atoms with van der Waals surface area (Å²) in [4.78, 5) is 14.2. The van der Waals surface area contributed by atoms with Crippen LogP contribution in [0.2, 0.25) is 0 Å². The number of aliphatic hydroxyl groups excluding tert-OH is 1. The van der Waals surface area contributed by atoms with Gasteiger partial charge in [0.2, 0.25) is 0 Å². The van der Waals surface area contributed by atoms with Gasteiger partial charge in [0, 0.05) is 30.6 Å². The maximum atomic E-state index is 12.5. The highest BCUT2D eigenvalue weighted by atomic mass is 16.5. The second-order valence-corrected chi connectivity index (χ2v) is 6.14. The van der Waals surface area contributed by atoms with Crippen molar-refractivity contribution in [1.29, 1.82) is 0 Å². The summed E-state index contributed by atoms with van der Waals surface area (Å²) >= 11 is 0. The number of likely N-dealkylation sites (tertiary alicyclic amines) is 1. The summed E-state index contributed by atoms with van der Waals surface area (Å²) < 4.78 is 10.7. The zero-order chi connectivity index (χ0) is 17.1. The van der Waals surface area contributed by atoms with E-state index >= 15 is 0 Å². The summed E-state index contributed by atoms with van der Waals surface area (Å²) in [6.45, 7) is 5.16. The molecule has 1 atom stereocenters. The molecule has 1 aromatic carbocycles. The lowest BCUT2D eigenvalue weighted by Crippen LogP contribution is -2.48. The molecule has 0 radical (unpaired) electrons. The molecule has 24 heavy (non-hydrogen) atoms. The van der Waals surface area contributed by atoms with E-state index in [1.165, 1.54) is 0 Å². The van der Waals surface area contributed by atoms with Crippen LogP contribution < -0.4 is 4.74 Å². The van der Waals surface area contributed by atoms with Crippen LogP contribution in [0.4, 0.5) is 0 Å². The zero-order valence-corrected chi connectivity index (χ0v) is 13.9. The van der Waals surface area contributed by atoms with Crippen molar-refractivity contribution in [2.45, 2.75) is 38.9 Å². The molecule has 1 aromatic heterocycles. The highest BCUT2D eigenvalue weighted by Crippen LogP contribution is 2.28. The molecule has 1 fully saturated rings. The molecule has 1 aliphatic rings. The first-order valence-electron chi connectivity index (χ1n) is 8.23. The van der Waals surface area contributed by atoms with Gasteiger partial charge in [0.15, 0.2) is 5.76 Å². The van der Waals surface area contributed by atoms with Crippen molar-refractivity contribution in [1.82, 2.24) is 10.1 Å². The van der Waals surface area contributed by atoms with Crippen LogP contribution in [0.3, 0.4) is 0 Å². The molecule has 1 unspecified atom stereocenters. The van der Waals surface area contributed by atoms with Crippen molar-refractivity contribution < 1.29 is 19.2 Å². The molecule has 2 aromatic rings. The zero-order valence-electron chi connectivity index (χ0n) is 13.9. The molecule has 1 amide bonds. The van der Waals surface area contributed by atoms with E-state index in [0.717, 1.165) is 17.9 Å². The summed E-state index contributed by atoms with van der Waals surface area (Å²) in [5.41, 5.74) is 1.45. The van der Waals surface area contributed by atoms with Gasteiger partial charge in [-0.25, -0.2) is 0 Å². The van der Waals surface area contributed by atoms with Crippen LogP contribution in [-0.4, -0.2) is 40.3 Å². The van der Waals surface area contributed by atoms with E-state index in [2.05, 4.69) is 12.1 Å². The van der Waals surface area contributed by atoms with Gasteiger partial charge in [-0.1, -0.05) is 12.1 Å². The maximum absolute atomic E-state index is 12.5.